The molecule has 5 heteroatoms. The van der Waals surface area contributed by atoms with Gasteiger partial charge >= 0.3 is 6.03 Å². The van der Waals surface area contributed by atoms with Crippen molar-refractivity contribution < 1.29 is 9.59 Å². The number of hydrogen-bond donors (Lipinski definition) is 1. The number of benzene rings is 2. The topological polar surface area (TPSA) is 52.7 Å². The predicted octanol–water partition coefficient (Wildman–Crippen LogP) is 3.02. The number of rotatable bonds is 5. The molecule has 2 aromatic carbocycles. The zero-order valence-corrected chi connectivity index (χ0v) is 14.4. The summed E-state index contributed by atoms with van der Waals surface area (Å²) >= 11 is 0. The molecule has 0 aliphatic carbocycles. The number of carbonyl (C=O) groups is 2. The standard InChI is InChI=1S/C20H23N3O2/c1-2-22(14-16-9-5-3-6-10-16)20(25)21-17-13-19(24)23(15-17)18-11-7-4-8-12-18/h3-12,17H,2,13-15H2,1H3,(H,21,25)/t17-/m0/s1. The summed E-state index contributed by atoms with van der Waals surface area (Å²) in [7, 11) is 0. The van der Waals surface area contributed by atoms with Crippen LogP contribution >= 0.6 is 0 Å². The summed E-state index contributed by atoms with van der Waals surface area (Å²) < 4.78 is 0. The molecule has 1 aliphatic rings. The average Bonchev–Trinajstić information content (AvgIpc) is 3.01. The van der Waals surface area contributed by atoms with Crippen molar-refractivity contribution in [1.29, 1.82) is 0 Å². The second-order valence-corrected chi connectivity index (χ2v) is 6.19. The molecule has 0 unspecified atom stereocenters. The number of anilines is 1. The Morgan fingerprint density at radius 3 is 2.40 bits per heavy atom. The van der Waals surface area contributed by atoms with E-state index in [0.29, 0.717) is 26.1 Å². The molecule has 25 heavy (non-hydrogen) atoms. The molecule has 1 heterocycles. The highest BCUT2D eigenvalue weighted by Crippen LogP contribution is 2.21. The Balaban J connectivity index is 1.60. The molecule has 0 bridgehead atoms. The minimum atomic E-state index is -0.162. The van der Waals surface area contributed by atoms with Gasteiger partial charge in [-0.15, -0.1) is 0 Å². The lowest BCUT2D eigenvalue weighted by Crippen LogP contribution is -2.45. The number of amides is 3. The van der Waals surface area contributed by atoms with Gasteiger partial charge in [0.1, 0.15) is 0 Å². The maximum Gasteiger partial charge on any atom is 0.317 e. The monoisotopic (exact) mass is 337 g/mol. The lowest BCUT2D eigenvalue weighted by atomic mass is 10.2. The molecule has 1 aliphatic heterocycles. The van der Waals surface area contributed by atoms with Crippen molar-refractivity contribution in [2.75, 3.05) is 18.0 Å². The van der Waals surface area contributed by atoms with Crippen molar-refractivity contribution in [2.24, 2.45) is 0 Å². The lowest BCUT2D eigenvalue weighted by molar-refractivity contribution is -0.117. The number of urea groups is 1. The van der Waals surface area contributed by atoms with Gasteiger partial charge in [-0.2, -0.15) is 0 Å². The fourth-order valence-electron chi connectivity index (χ4n) is 3.06. The Kier molecular flexibility index (Phi) is 5.33. The van der Waals surface area contributed by atoms with Gasteiger partial charge in [0.25, 0.3) is 0 Å². The molecular formula is C20H23N3O2. The molecule has 0 radical (unpaired) electrons. The van der Waals surface area contributed by atoms with E-state index in [4.69, 9.17) is 0 Å². The smallest absolute Gasteiger partial charge is 0.317 e. The van der Waals surface area contributed by atoms with Gasteiger partial charge in [0.15, 0.2) is 0 Å². The Hall–Kier alpha value is -2.82. The summed E-state index contributed by atoms with van der Waals surface area (Å²) in [5, 5.41) is 3.00. The van der Waals surface area contributed by atoms with Gasteiger partial charge in [-0.1, -0.05) is 48.5 Å². The van der Waals surface area contributed by atoms with Crippen LogP contribution in [0, 0.1) is 0 Å². The van der Waals surface area contributed by atoms with Gasteiger partial charge in [0.05, 0.1) is 6.04 Å². The molecule has 130 valence electrons. The largest absolute Gasteiger partial charge is 0.333 e. The molecule has 0 spiro atoms. The van der Waals surface area contributed by atoms with Crippen LogP contribution < -0.4 is 10.2 Å². The van der Waals surface area contributed by atoms with Gasteiger partial charge in [-0.05, 0) is 24.6 Å². The van der Waals surface area contributed by atoms with Crippen molar-refractivity contribution >= 4 is 17.6 Å². The van der Waals surface area contributed by atoms with E-state index in [2.05, 4.69) is 5.32 Å². The van der Waals surface area contributed by atoms with E-state index in [1.54, 1.807) is 9.80 Å². The molecule has 0 aromatic heterocycles. The van der Waals surface area contributed by atoms with E-state index in [-0.39, 0.29) is 18.0 Å². The molecule has 1 saturated heterocycles. The molecular weight excluding hydrogens is 314 g/mol. The van der Waals surface area contributed by atoms with Crippen LogP contribution in [0.15, 0.2) is 60.7 Å². The van der Waals surface area contributed by atoms with Crippen LogP contribution in [0.4, 0.5) is 10.5 Å². The van der Waals surface area contributed by atoms with Gasteiger partial charge in [0.2, 0.25) is 5.91 Å². The minimum absolute atomic E-state index is 0.0441. The first-order valence-corrected chi connectivity index (χ1v) is 8.62. The Morgan fingerprint density at radius 2 is 1.76 bits per heavy atom. The Bertz CT molecular complexity index is 718. The molecule has 5 nitrogen and oxygen atoms in total. The minimum Gasteiger partial charge on any atom is -0.333 e. The first-order valence-electron chi connectivity index (χ1n) is 8.62. The number of carbonyl (C=O) groups excluding carboxylic acids is 2. The third kappa shape index (κ3) is 4.18. The zero-order valence-electron chi connectivity index (χ0n) is 14.4. The van der Waals surface area contributed by atoms with Gasteiger partial charge in [-0.3, -0.25) is 4.79 Å². The normalized spacial score (nSPS) is 16.8. The van der Waals surface area contributed by atoms with E-state index in [1.807, 2.05) is 67.6 Å². The van der Waals surface area contributed by atoms with Gasteiger partial charge in [-0.25, -0.2) is 4.79 Å². The van der Waals surface area contributed by atoms with Crippen LogP contribution in [0.25, 0.3) is 0 Å². The summed E-state index contributed by atoms with van der Waals surface area (Å²) in [5.74, 6) is 0.0441. The lowest BCUT2D eigenvalue weighted by Gasteiger charge is -2.24. The van der Waals surface area contributed by atoms with E-state index in [1.165, 1.54) is 0 Å². The highest BCUT2D eigenvalue weighted by Gasteiger charge is 2.32. The van der Waals surface area contributed by atoms with Crippen LogP contribution in [0.1, 0.15) is 18.9 Å². The van der Waals surface area contributed by atoms with Crippen LogP contribution in [-0.4, -0.2) is 36.0 Å². The Morgan fingerprint density at radius 1 is 1.12 bits per heavy atom. The Labute approximate surface area is 148 Å². The second kappa shape index (κ2) is 7.83. The second-order valence-electron chi connectivity index (χ2n) is 6.19. The van der Waals surface area contributed by atoms with Crippen LogP contribution in [0.5, 0.6) is 0 Å². The molecule has 1 atom stereocenters. The van der Waals surface area contributed by atoms with E-state index >= 15 is 0 Å². The fourth-order valence-corrected chi connectivity index (χ4v) is 3.06. The zero-order chi connectivity index (χ0) is 17.6. The summed E-state index contributed by atoms with van der Waals surface area (Å²) in [6, 6.07) is 19.2. The molecule has 2 aromatic rings. The number of nitrogens with zero attached hydrogens (tertiary/aromatic N) is 2. The van der Waals surface area contributed by atoms with E-state index in [9.17, 15) is 9.59 Å². The molecule has 1 N–H and O–H groups in total. The SMILES string of the molecule is CCN(Cc1ccccc1)C(=O)N[C@H]1CC(=O)N(c2ccccc2)C1. The summed E-state index contributed by atoms with van der Waals surface area (Å²) in [6.07, 6.45) is 0.337. The van der Waals surface area contributed by atoms with E-state index in [0.717, 1.165) is 11.3 Å². The number of para-hydroxylation sites is 1. The maximum atomic E-state index is 12.6. The third-order valence-electron chi connectivity index (χ3n) is 4.41. The molecule has 1 fully saturated rings. The van der Waals surface area contributed by atoms with Gasteiger partial charge in [0, 0.05) is 31.7 Å². The number of hydrogen-bond acceptors (Lipinski definition) is 2. The predicted molar refractivity (Wildman–Crippen MR) is 98.3 cm³/mol. The van der Waals surface area contributed by atoms with E-state index < -0.39 is 0 Å². The quantitative estimate of drug-likeness (QED) is 0.912. The van der Waals surface area contributed by atoms with Crippen molar-refractivity contribution in [1.82, 2.24) is 10.2 Å². The summed E-state index contributed by atoms with van der Waals surface area (Å²) in [4.78, 5) is 28.3. The average molecular weight is 337 g/mol. The summed E-state index contributed by atoms with van der Waals surface area (Å²) in [6.45, 7) is 3.64. The van der Waals surface area contributed by atoms with Crippen LogP contribution in [0.3, 0.4) is 0 Å². The summed E-state index contributed by atoms with van der Waals surface area (Å²) in [5.41, 5.74) is 1.97. The van der Waals surface area contributed by atoms with Crippen molar-refractivity contribution in [3.05, 3.63) is 66.2 Å². The van der Waals surface area contributed by atoms with Crippen molar-refractivity contribution in [3.8, 4) is 0 Å². The first-order chi connectivity index (χ1) is 12.2. The van der Waals surface area contributed by atoms with Crippen LogP contribution in [0.2, 0.25) is 0 Å². The van der Waals surface area contributed by atoms with Crippen molar-refractivity contribution in [3.63, 3.8) is 0 Å². The molecule has 3 rings (SSSR count). The highest BCUT2D eigenvalue weighted by molar-refractivity contribution is 5.96. The molecule has 0 saturated carbocycles. The number of nitrogens with one attached hydrogen (secondary N) is 1. The molecule has 3 amide bonds. The third-order valence-corrected chi connectivity index (χ3v) is 4.41. The first kappa shape index (κ1) is 17.0. The fraction of sp³-hybridized carbons (Fsp3) is 0.300. The maximum absolute atomic E-state index is 12.6. The van der Waals surface area contributed by atoms with Crippen molar-refractivity contribution in [2.45, 2.75) is 25.9 Å². The van der Waals surface area contributed by atoms with Crippen LogP contribution in [-0.2, 0) is 11.3 Å². The highest BCUT2D eigenvalue weighted by atomic mass is 16.2. The van der Waals surface area contributed by atoms with Gasteiger partial charge < -0.3 is 15.1 Å².